The first-order valence-corrected chi connectivity index (χ1v) is 7.20. The van der Waals surface area contributed by atoms with Crippen LogP contribution in [0.4, 0.5) is 5.69 Å². The van der Waals surface area contributed by atoms with E-state index in [0.29, 0.717) is 25.3 Å². The molecule has 0 unspecified atom stereocenters. The van der Waals surface area contributed by atoms with Crippen molar-refractivity contribution in [2.24, 2.45) is 0 Å². The van der Waals surface area contributed by atoms with Crippen LogP contribution in [-0.2, 0) is 16.1 Å². The third-order valence-electron chi connectivity index (χ3n) is 3.22. The average molecular weight is 309 g/mol. The zero-order valence-corrected chi connectivity index (χ0v) is 13.2. The Labute approximate surface area is 130 Å². The Morgan fingerprint density at radius 2 is 2.14 bits per heavy atom. The summed E-state index contributed by atoms with van der Waals surface area (Å²) >= 11 is 0. The smallest absolute Gasteiger partial charge is 0.273 e. The number of para-hydroxylation sites is 1. The number of carbonyl (C=O) groups is 1. The third kappa shape index (κ3) is 5.79. The van der Waals surface area contributed by atoms with Gasteiger partial charge < -0.3 is 10.1 Å². The maximum absolute atomic E-state index is 12.0. The highest BCUT2D eigenvalue weighted by Crippen LogP contribution is 2.19. The molecule has 7 heteroatoms. The van der Waals surface area contributed by atoms with E-state index in [2.05, 4.69) is 5.32 Å². The van der Waals surface area contributed by atoms with Crippen LogP contribution in [0.3, 0.4) is 0 Å². The first kappa shape index (κ1) is 18.1. The van der Waals surface area contributed by atoms with E-state index in [1.165, 1.54) is 6.07 Å². The van der Waals surface area contributed by atoms with E-state index in [0.717, 1.165) is 0 Å². The summed E-state index contributed by atoms with van der Waals surface area (Å²) in [6, 6.07) is 6.52. The highest BCUT2D eigenvalue weighted by Gasteiger charge is 2.17. The van der Waals surface area contributed by atoms with Crippen molar-refractivity contribution in [3.8, 4) is 0 Å². The number of nitrogens with zero attached hydrogens (tertiary/aromatic N) is 2. The maximum atomic E-state index is 12.0. The Morgan fingerprint density at radius 1 is 1.45 bits per heavy atom. The van der Waals surface area contributed by atoms with Gasteiger partial charge in [-0.3, -0.25) is 19.8 Å². The van der Waals surface area contributed by atoms with Gasteiger partial charge in [-0.05, 0) is 13.5 Å². The lowest BCUT2D eigenvalue weighted by molar-refractivity contribution is -0.385. The molecule has 0 saturated carbocycles. The van der Waals surface area contributed by atoms with E-state index in [1.807, 2.05) is 18.7 Å². The zero-order valence-electron chi connectivity index (χ0n) is 13.2. The van der Waals surface area contributed by atoms with E-state index in [-0.39, 0.29) is 24.2 Å². The van der Waals surface area contributed by atoms with Gasteiger partial charge in [0.2, 0.25) is 5.91 Å². The molecule has 0 bridgehead atoms. The number of ether oxygens (including phenoxy) is 1. The van der Waals surface area contributed by atoms with Crippen molar-refractivity contribution in [2.75, 3.05) is 26.8 Å². The molecule has 1 amide bonds. The lowest BCUT2D eigenvalue weighted by Gasteiger charge is -2.21. The van der Waals surface area contributed by atoms with Crippen LogP contribution in [0.2, 0.25) is 0 Å². The molecular formula is C15H23N3O4. The molecule has 1 rings (SSSR count). The summed E-state index contributed by atoms with van der Waals surface area (Å²) in [6.07, 6.45) is 0. The average Bonchev–Trinajstić information content (AvgIpc) is 2.46. The number of carbonyl (C=O) groups excluding carboxylic acids is 1. The van der Waals surface area contributed by atoms with Gasteiger partial charge in [0.15, 0.2) is 0 Å². The highest BCUT2D eigenvalue weighted by molar-refractivity contribution is 5.78. The fraction of sp³-hybridized carbons (Fsp3) is 0.533. The third-order valence-corrected chi connectivity index (χ3v) is 3.22. The molecule has 0 saturated heterocycles. The molecule has 1 N–H and O–H groups in total. The summed E-state index contributed by atoms with van der Waals surface area (Å²) < 4.78 is 4.97. The van der Waals surface area contributed by atoms with Gasteiger partial charge in [0.25, 0.3) is 5.69 Å². The lowest BCUT2D eigenvalue weighted by atomic mass is 10.1. The molecule has 0 spiro atoms. The second-order valence-electron chi connectivity index (χ2n) is 5.11. The Morgan fingerprint density at radius 3 is 2.73 bits per heavy atom. The fourth-order valence-electron chi connectivity index (χ4n) is 2.16. The van der Waals surface area contributed by atoms with E-state index in [1.54, 1.807) is 25.3 Å². The molecule has 0 fully saturated rings. The van der Waals surface area contributed by atoms with Crippen molar-refractivity contribution in [1.82, 2.24) is 10.2 Å². The molecular weight excluding hydrogens is 286 g/mol. The minimum Gasteiger partial charge on any atom is -0.383 e. The van der Waals surface area contributed by atoms with Crippen molar-refractivity contribution in [1.29, 1.82) is 0 Å². The van der Waals surface area contributed by atoms with Crippen molar-refractivity contribution in [2.45, 2.75) is 26.4 Å². The molecule has 0 aromatic heterocycles. The predicted octanol–water partition coefficient (Wildman–Crippen LogP) is 1.57. The SMILES string of the molecule is CCN(CC(=O)N[C@H](C)COC)Cc1ccccc1[N+](=O)[O-]. The van der Waals surface area contributed by atoms with Gasteiger partial charge in [-0.1, -0.05) is 25.1 Å². The van der Waals surface area contributed by atoms with Gasteiger partial charge in [-0.15, -0.1) is 0 Å². The lowest BCUT2D eigenvalue weighted by Crippen LogP contribution is -2.42. The molecule has 1 aromatic rings. The molecule has 0 heterocycles. The Balaban J connectivity index is 2.66. The minimum atomic E-state index is -0.399. The molecule has 1 aromatic carbocycles. The molecule has 7 nitrogen and oxygen atoms in total. The Kier molecular flexibility index (Phi) is 7.48. The van der Waals surface area contributed by atoms with Gasteiger partial charge in [-0.2, -0.15) is 0 Å². The molecule has 0 aliphatic carbocycles. The Hall–Kier alpha value is -1.99. The van der Waals surface area contributed by atoms with E-state index < -0.39 is 4.92 Å². The molecule has 122 valence electrons. The summed E-state index contributed by atoms with van der Waals surface area (Å²) in [5, 5.41) is 13.9. The van der Waals surface area contributed by atoms with Crippen LogP contribution in [0.5, 0.6) is 0 Å². The van der Waals surface area contributed by atoms with Crippen molar-refractivity contribution >= 4 is 11.6 Å². The highest BCUT2D eigenvalue weighted by atomic mass is 16.6. The number of hydrogen-bond acceptors (Lipinski definition) is 5. The van der Waals surface area contributed by atoms with Crippen molar-refractivity contribution in [3.05, 3.63) is 39.9 Å². The number of nitro groups is 1. The first-order valence-electron chi connectivity index (χ1n) is 7.20. The van der Waals surface area contributed by atoms with Crippen LogP contribution in [0, 0.1) is 10.1 Å². The number of benzene rings is 1. The number of methoxy groups -OCH3 is 1. The molecule has 22 heavy (non-hydrogen) atoms. The van der Waals surface area contributed by atoms with Crippen LogP contribution in [-0.4, -0.2) is 48.6 Å². The molecule has 0 aliphatic heterocycles. The molecule has 1 atom stereocenters. The van der Waals surface area contributed by atoms with Gasteiger partial charge in [0, 0.05) is 31.3 Å². The standard InChI is InChI=1S/C15H23N3O4/c1-4-17(10-15(19)16-12(2)11-22-3)9-13-7-5-6-8-14(13)18(20)21/h5-8,12H,4,9-11H2,1-3H3,(H,16,19)/t12-/m1/s1. The molecule has 0 aliphatic rings. The van der Waals surface area contributed by atoms with E-state index in [9.17, 15) is 14.9 Å². The Bertz CT molecular complexity index is 507. The van der Waals surface area contributed by atoms with Gasteiger partial charge in [0.05, 0.1) is 18.1 Å². The summed E-state index contributed by atoms with van der Waals surface area (Å²) in [5.41, 5.74) is 0.682. The molecule has 0 radical (unpaired) electrons. The van der Waals surface area contributed by atoms with E-state index >= 15 is 0 Å². The van der Waals surface area contributed by atoms with Gasteiger partial charge in [-0.25, -0.2) is 0 Å². The first-order chi connectivity index (χ1) is 10.5. The van der Waals surface area contributed by atoms with Crippen LogP contribution in [0.25, 0.3) is 0 Å². The van der Waals surface area contributed by atoms with E-state index in [4.69, 9.17) is 4.74 Å². The zero-order chi connectivity index (χ0) is 16.5. The number of rotatable bonds is 9. The van der Waals surface area contributed by atoms with Crippen molar-refractivity contribution < 1.29 is 14.5 Å². The maximum Gasteiger partial charge on any atom is 0.273 e. The van der Waals surface area contributed by atoms with Crippen LogP contribution in [0.1, 0.15) is 19.4 Å². The number of nitro benzene ring substituents is 1. The van der Waals surface area contributed by atoms with Crippen LogP contribution in [0.15, 0.2) is 24.3 Å². The minimum absolute atomic E-state index is 0.0673. The quantitative estimate of drug-likeness (QED) is 0.553. The van der Waals surface area contributed by atoms with Crippen LogP contribution < -0.4 is 5.32 Å². The largest absolute Gasteiger partial charge is 0.383 e. The summed E-state index contributed by atoms with van der Waals surface area (Å²) in [6.45, 7) is 5.40. The fourth-order valence-corrected chi connectivity index (χ4v) is 2.16. The number of likely N-dealkylation sites (N-methyl/N-ethyl adjacent to an activating group) is 1. The second-order valence-corrected chi connectivity index (χ2v) is 5.11. The van der Waals surface area contributed by atoms with Crippen LogP contribution >= 0.6 is 0 Å². The normalized spacial score (nSPS) is 12.2. The summed E-state index contributed by atoms with van der Waals surface area (Å²) in [7, 11) is 1.58. The topological polar surface area (TPSA) is 84.7 Å². The second kappa shape index (κ2) is 9.11. The predicted molar refractivity (Wildman–Crippen MR) is 83.5 cm³/mol. The number of amides is 1. The number of nitrogens with one attached hydrogen (secondary N) is 1. The monoisotopic (exact) mass is 309 g/mol. The van der Waals surface area contributed by atoms with Gasteiger partial charge >= 0.3 is 0 Å². The summed E-state index contributed by atoms with van der Waals surface area (Å²) in [4.78, 5) is 24.4. The van der Waals surface area contributed by atoms with Crippen molar-refractivity contribution in [3.63, 3.8) is 0 Å². The number of hydrogen-bond donors (Lipinski definition) is 1. The van der Waals surface area contributed by atoms with Gasteiger partial charge in [0.1, 0.15) is 0 Å². The summed E-state index contributed by atoms with van der Waals surface area (Å²) in [5.74, 6) is -0.120.